The van der Waals surface area contributed by atoms with Gasteiger partial charge in [-0.1, -0.05) is 36.4 Å². The van der Waals surface area contributed by atoms with Crippen LogP contribution in [0.4, 0.5) is 0 Å². The lowest BCUT2D eigenvalue weighted by molar-refractivity contribution is -0.124. The van der Waals surface area contributed by atoms with Crippen LogP contribution in [0.25, 0.3) is 0 Å². The van der Waals surface area contributed by atoms with Crippen LogP contribution in [0.1, 0.15) is 38.8 Å². The number of carbonyl (C=O) groups excluding carboxylic acids is 1. The summed E-state index contributed by atoms with van der Waals surface area (Å²) in [5, 5.41) is 6.34. The van der Waals surface area contributed by atoms with Gasteiger partial charge >= 0.3 is 0 Å². The number of benzene rings is 2. The number of halogens is 1. The van der Waals surface area contributed by atoms with Crippen LogP contribution in [0, 0.1) is 0 Å². The molecule has 2 rings (SSSR count). The van der Waals surface area contributed by atoms with Gasteiger partial charge in [0.15, 0.2) is 18.1 Å². The fourth-order valence-corrected chi connectivity index (χ4v) is 2.76. The predicted molar refractivity (Wildman–Crippen MR) is 120 cm³/mol. The first-order valence-corrected chi connectivity index (χ1v) is 9.81. The second kappa shape index (κ2) is 12.3. The SMILES string of the molecule is CCOc1cc(CNCCc2ccccc2)ccc1OCC(=O)NC(C)(C)C.Cl. The van der Waals surface area contributed by atoms with E-state index in [1.54, 1.807) is 0 Å². The molecule has 2 N–H and O–H groups in total. The minimum absolute atomic E-state index is 0. The summed E-state index contributed by atoms with van der Waals surface area (Å²) < 4.78 is 11.4. The third-order valence-corrected chi connectivity index (χ3v) is 3.94. The highest BCUT2D eigenvalue weighted by molar-refractivity contribution is 5.85. The van der Waals surface area contributed by atoms with E-state index < -0.39 is 0 Å². The van der Waals surface area contributed by atoms with Gasteiger partial charge in [0.1, 0.15) is 0 Å². The van der Waals surface area contributed by atoms with Crippen LogP contribution >= 0.6 is 12.4 Å². The lowest BCUT2D eigenvalue weighted by atomic mass is 10.1. The highest BCUT2D eigenvalue weighted by Crippen LogP contribution is 2.28. The summed E-state index contributed by atoms with van der Waals surface area (Å²) in [4.78, 5) is 12.0. The lowest BCUT2D eigenvalue weighted by Crippen LogP contribution is -2.43. The van der Waals surface area contributed by atoms with Crippen LogP contribution in [0.15, 0.2) is 48.5 Å². The second-order valence-electron chi connectivity index (χ2n) is 7.71. The van der Waals surface area contributed by atoms with Crippen molar-refractivity contribution in [1.82, 2.24) is 10.6 Å². The van der Waals surface area contributed by atoms with Crippen LogP contribution in [-0.4, -0.2) is 31.2 Å². The molecule has 0 aromatic heterocycles. The van der Waals surface area contributed by atoms with Crippen molar-refractivity contribution in [3.8, 4) is 11.5 Å². The summed E-state index contributed by atoms with van der Waals surface area (Å²) in [6.45, 7) is 9.90. The van der Waals surface area contributed by atoms with Gasteiger partial charge in [-0.05, 0) is 63.9 Å². The number of amides is 1. The minimum atomic E-state index is -0.279. The average Bonchev–Trinajstić information content (AvgIpc) is 2.64. The van der Waals surface area contributed by atoms with E-state index in [0.29, 0.717) is 18.1 Å². The van der Waals surface area contributed by atoms with Crippen molar-refractivity contribution in [2.75, 3.05) is 19.8 Å². The standard InChI is InChI=1S/C23H32N2O3.ClH/c1-5-27-21-15-19(16-24-14-13-18-9-7-6-8-10-18)11-12-20(21)28-17-22(26)25-23(2,3)4;/h6-12,15,24H,5,13-14,16-17H2,1-4H3,(H,25,26);1H. The Labute approximate surface area is 180 Å². The summed E-state index contributed by atoms with van der Waals surface area (Å²) in [6, 6.07) is 16.2. The smallest absolute Gasteiger partial charge is 0.258 e. The van der Waals surface area contributed by atoms with Crippen LogP contribution in [0.5, 0.6) is 11.5 Å². The Hall–Kier alpha value is -2.24. The molecule has 0 fully saturated rings. The molecule has 0 aliphatic rings. The molecule has 6 heteroatoms. The maximum atomic E-state index is 12.0. The Bertz CT molecular complexity index is 746. The Morgan fingerprint density at radius 3 is 2.34 bits per heavy atom. The summed E-state index contributed by atoms with van der Waals surface area (Å²) in [7, 11) is 0. The van der Waals surface area contributed by atoms with Crippen molar-refractivity contribution >= 4 is 18.3 Å². The maximum Gasteiger partial charge on any atom is 0.258 e. The molecule has 29 heavy (non-hydrogen) atoms. The number of nitrogens with one attached hydrogen (secondary N) is 2. The number of ether oxygens (including phenoxy) is 2. The molecule has 0 radical (unpaired) electrons. The van der Waals surface area contributed by atoms with E-state index >= 15 is 0 Å². The molecule has 0 aliphatic heterocycles. The molecule has 0 saturated heterocycles. The van der Waals surface area contributed by atoms with Gasteiger partial charge in [-0.15, -0.1) is 12.4 Å². The Morgan fingerprint density at radius 1 is 0.966 bits per heavy atom. The molecule has 0 saturated carbocycles. The average molecular weight is 421 g/mol. The predicted octanol–water partition coefficient (Wildman–Crippen LogP) is 4.13. The van der Waals surface area contributed by atoms with Gasteiger partial charge in [0.2, 0.25) is 0 Å². The molecule has 2 aromatic rings. The minimum Gasteiger partial charge on any atom is -0.490 e. The molecular formula is C23H33ClN2O3. The van der Waals surface area contributed by atoms with E-state index in [-0.39, 0.29) is 30.5 Å². The van der Waals surface area contributed by atoms with Crippen LogP contribution in [0.2, 0.25) is 0 Å². The van der Waals surface area contributed by atoms with E-state index in [4.69, 9.17) is 9.47 Å². The molecule has 0 spiro atoms. The Morgan fingerprint density at radius 2 is 1.69 bits per heavy atom. The van der Waals surface area contributed by atoms with Crippen molar-refractivity contribution in [2.45, 2.75) is 46.2 Å². The summed E-state index contributed by atoms with van der Waals surface area (Å²) in [5.74, 6) is 1.09. The summed E-state index contributed by atoms with van der Waals surface area (Å²) in [6.07, 6.45) is 0.989. The number of hydrogen-bond acceptors (Lipinski definition) is 4. The first kappa shape index (κ1) is 24.8. The van der Waals surface area contributed by atoms with E-state index in [0.717, 1.165) is 25.1 Å². The van der Waals surface area contributed by atoms with Crippen LogP contribution < -0.4 is 20.1 Å². The van der Waals surface area contributed by atoms with Gasteiger partial charge in [0, 0.05) is 12.1 Å². The van der Waals surface area contributed by atoms with Crippen LogP contribution in [-0.2, 0) is 17.8 Å². The third-order valence-electron chi connectivity index (χ3n) is 3.94. The van der Waals surface area contributed by atoms with E-state index in [1.165, 1.54) is 5.56 Å². The molecule has 0 bridgehead atoms. The molecule has 2 aromatic carbocycles. The molecule has 0 heterocycles. The van der Waals surface area contributed by atoms with Crippen molar-refractivity contribution in [2.24, 2.45) is 0 Å². The van der Waals surface area contributed by atoms with E-state index in [9.17, 15) is 4.79 Å². The molecule has 160 valence electrons. The van der Waals surface area contributed by atoms with Gasteiger partial charge in [-0.25, -0.2) is 0 Å². The fraction of sp³-hybridized carbons (Fsp3) is 0.435. The zero-order chi connectivity index (χ0) is 20.4. The number of rotatable bonds is 10. The summed E-state index contributed by atoms with van der Waals surface area (Å²) in [5.41, 5.74) is 2.16. The van der Waals surface area contributed by atoms with Crippen LogP contribution in [0.3, 0.4) is 0 Å². The second-order valence-corrected chi connectivity index (χ2v) is 7.71. The van der Waals surface area contributed by atoms with E-state index in [2.05, 4.69) is 34.9 Å². The van der Waals surface area contributed by atoms with Crippen molar-refractivity contribution in [1.29, 1.82) is 0 Å². The van der Waals surface area contributed by atoms with Gasteiger partial charge in [-0.2, -0.15) is 0 Å². The molecule has 5 nitrogen and oxygen atoms in total. The molecule has 0 atom stereocenters. The largest absolute Gasteiger partial charge is 0.490 e. The number of carbonyl (C=O) groups is 1. The Kier molecular flexibility index (Phi) is 10.6. The fourth-order valence-electron chi connectivity index (χ4n) is 2.76. The normalized spacial score (nSPS) is 10.8. The quantitative estimate of drug-likeness (QED) is 0.567. The molecule has 1 amide bonds. The first-order chi connectivity index (χ1) is 13.4. The van der Waals surface area contributed by atoms with E-state index in [1.807, 2.05) is 52.0 Å². The lowest BCUT2D eigenvalue weighted by Gasteiger charge is -2.21. The molecule has 0 unspecified atom stereocenters. The number of hydrogen-bond donors (Lipinski definition) is 2. The summed E-state index contributed by atoms with van der Waals surface area (Å²) >= 11 is 0. The molecule has 0 aliphatic carbocycles. The maximum absolute atomic E-state index is 12.0. The zero-order valence-corrected chi connectivity index (χ0v) is 18.6. The third kappa shape index (κ3) is 9.68. The monoisotopic (exact) mass is 420 g/mol. The Balaban J connectivity index is 0.00000420. The topological polar surface area (TPSA) is 59.6 Å². The van der Waals surface area contributed by atoms with Gasteiger partial charge in [0.25, 0.3) is 5.91 Å². The highest BCUT2D eigenvalue weighted by atomic mass is 35.5. The van der Waals surface area contributed by atoms with Gasteiger partial charge < -0.3 is 20.1 Å². The van der Waals surface area contributed by atoms with Gasteiger partial charge in [0.05, 0.1) is 6.61 Å². The van der Waals surface area contributed by atoms with Gasteiger partial charge in [-0.3, -0.25) is 4.79 Å². The zero-order valence-electron chi connectivity index (χ0n) is 17.8. The van der Waals surface area contributed by atoms with Crippen molar-refractivity contribution in [3.05, 3.63) is 59.7 Å². The van der Waals surface area contributed by atoms with Crippen molar-refractivity contribution in [3.63, 3.8) is 0 Å². The van der Waals surface area contributed by atoms with Crippen molar-refractivity contribution < 1.29 is 14.3 Å². The molecular weight excluding hydrogens is 388 g/mol. The highest BCUT2D eigenvalue weighted by Gasteiger charge is 2.15. The first-order valence-electron chi connectivity index (χ1n) is 9.81.